The third-order valence-corrected chi connectivity index (χ3v) is 4.85. The number of nitrogens with zero attached hydrogens (tertiary/aromatic N) is 1. The molecule has 24 heavy (non-hydrogen) atoms. The summed E-state index contributed by atoms with van der Waals surface area (Å²) in [5, 5.41) is 15.5. The number of sulfonamides is 1. The number of phenolic OH excluding ortho intramolecular Hbond substituents is 1. The Morgan fingerprint density at radius 1 is 1.00 bits per heavy atom. The third kappa shape index (κ3) is 3.50. The first kappa shape index (κ1) is 16.3. The van der Waals surface area contributed by atoms with Crippen molar-refractivity contribution in [1.82, 2.24) is 4.83 Å². The van der Waals surface area contributed by atoms with Crippen LogP contribution in [0.5, 0.6) is 5.75 Å². The second kappa shape index (κ2) is 6.51. The van der Waals surface area contributed by atoms with Crippen LogP contribution in [0.4, 0.5) is 0 Å². The van der Waals surface area contributed by atoms with E-state index in [1.54, 1.807) is 12.1 Å². The molecule has 3 aromatic rings. The van der Waals surface area contributed by atoms with Crippen LogP contribution in [0.15, 0.2) is 70.7 Å². The summed E-state index contributed by atoms with van der Waals surface area (Å²) in [6, 6.07) is 16.7. The van der Waals surface area contributed by atoms with Crippen molar-refractivity contribution < 1.29 is 13.5 Å². The Labute approximate surface area is 144 Å². The average molecular weight is 361 g/mol. The summed E-state index contributed by atoms with van der Waals surface area (Å²) >= 11 is 5.83. The van der Waals surface area contributed by atoms with Gasteiger partial charge >= 0.3 is 0 Å². The van der Waals surface area contributed by atoms with Crippen molar-refractivity contribution in [3.8, 4) is 5.75 Å². The summed E-state index contributed by atoms with van der Waals surface area (Å²) in [4.78, 5) is 2.23. The minimum atomic E-state index is -3.81. The number of phenols is 1. The number of fused-ring (bicyclic) bond motifs is 1. The normalized spacial score (nSPS) is 11.9. The van der Waals surface area contributed by atoms with Gasteiger partial charge in [-0.1, -0.05) is 41.9 Å². The summed E-state index contributed by atoms with van der Waals surface area (Å²) in [6.07, 6.45) is 1.19. The highest BCUT2D eigenvalue weighted by Crippen LogP contribution is 2.20. The minimum Gasteiger partial charge on any atom is -0.507 e. The summed E-state index contributed by atoms with van der Waals surface area (Å²) < 4.78 is 24.6. The van der Waals surface area contributed by atoms with E-state index in [0.717, 1.165) is 10.8 Å². The SMILES string of the molecule is O=S(=O)(N/N=C/c1cc(Cl)ccc1O)c1ccc2ccccc2c1. The Morgan fingerprint density at radius 2 is 1.75 bits per heavy atom. The zero-order chi connectivity index (χ0) is 17.2. The highest BCUT2D eigenvalue weighted by Gasteiger charge is 2.13. The molecule has 5 nitrogen and oxygen atoms in total. The van der Waals surface area contributed by atoms with E-state index >= 15 is 0 Å². The van der Waals surface area contributed by atoms with E-state index in [1.807, 2.05) is 24.3 Å². The number of benzene rings is 3. The number of hydrogen-bond acceptors (Lipinski definition) is 4. The Bertz CT molecular complexity index is 1030. The van der Waals surface area contributed by atoms with Crippen LogP contribution >= 0.6 is 11.6 Å². The van der Waals surface area contributed by atoms with Gasteiger partial charge in [0.25, 0.3) is 10.0 Å². The Kier molecular flexibility index (Phi) is 4.42. The third-order valence-electron chi connectivity index (χ3n) is 3.40. The van der Waals surface area contributed by atoms with Gasteiger partial charge in [-0.3, -0.25) is 0 Å². The fourth-order valence-corrected chi connectivity index (χ4v) is 3.19. The number of hydrogen-bond donors (Lipinski definition) is 2. The lowest BCUT2D eigenvalue weighted by molar-refractivity contribution is 0.474. The number of hydrazone groups is 1. The first-order valence-corrected chi connectivity index (χ1v) is 8.84. The maximum atomic E-state index is 12.3. The van der Waals surface area contributed by atoms with E-state index in [2.05, 4.69) is 9.93 Å². The number of nitrogens with one attached hydrogen (secondary N) is 1. The number of aromatic hydroxyl groups is 1. The van der Waals surface area contributed by atoms with Gasteiger partial charge in [0.2, 0.25) is 0 Å². The lowest BCUT2D eigenvalue weighted by Crippen LogP contribution is -2.18. The largest absolute Gasteiger partial charge is 0.507 e. The predicted molar refractivity (Wildman–Crippen MR) is 95.0 cm³/mol. The molecule has 0 aliphatic rings. The topological polar surface area (TPSA) is 78.8 Å². The van der Waals surface area contributed by atoms with Gasteiger partial charge in [0.1, 0.15) is 5.75 Å². The van der Waals surface area contributed by atoms with Crippen LogP contribution in [0.25, 0.3) is 10.8 Å². The van der Waals surface area contributed by atoms with Gasteiger partial charge in [0, 0.05) is 10.6 Å². The zero-order valence-electron chi connectivity index (χ0n) is 12.3. The fraction of sp³-hybridized carbons (Fsp3) is 0. The molecule has 0 spiro atoms. The van der Waals surface area contributed by atoms with Gasteiger partial charge in [-0.2, -0.15) is 13.5 Å². The summed E-state index contributed by atoms with van der Waals surface area (Å²) in [7, 11) is -3.81. The molecule has 0 radical (unpaired) electrons. The lowest BCUT2D eigenvalue weighted by atomic mass is 10.1. The minimum absolute atomic E-state index is 0.0481. The molecule has 0 saturated carbocycles. The van der Waals surface area contributed by atoms with E-state index in [1.165, 1.54) is 30.5 Å². The molecule has 0 bridgehead atoms. The summed E-state index contributed by atoms with van der Waals surface area (Å²) in [6.45, 7) is 0. The number of halogens is 1. The van der Waals surface area contributed by atoms with Gasteiger partial charge in [-0.05, 0) is 41.1 Å². The van der Waals surface area contributed by atoms with Gasteiger partial charge in [-0.15, -0.1) is 0 Å². The average Bonchev–Trinajstić information content (AvgIpc) is 2.57. The Morgan fingerprint density at radius 3 is 2.54 bits per heavy atom. The van der Waals surface area contributed by atoms with E-state index < -0.39 is 10.0 Å². The Hall–Kier alpha value is -2.57. The van der Waals surface area contributed by atoms with E-state index in [4.69, 9.17) is 11.6 Å². The molecule has 0 saturated heterocycles. The number of rotatable bonds is 4. The molecule has 0 heterocycles. The molecule has 0 aliphatic heterocycles. The first-order valence-electron chi connectivity index (χ1n) is 6.98. The molecule has 0 atom stereocenters. The van der Waals surface area contributed by atoms with Crippen LogP contribution in [0.1, 0.15) is 5.56 Å². The standard InChI is InChI=1S/C17H13ClN2O3S/c18-15-6-8-17(21)14(9-15)11-19-20-24(22,23)16-7-5-12-3-1-2-4-13(12)10-16/h1-11,20-21H/b19-11+. The van der Waals surface area contributed by atoms with Gasteiger partial charge in [0.05, 0.1) is 11.1 Å². The maximum absolute atomic E-state index is 12.3. The molecule has 0 amide bonds. The highest BCUT2D eigenvalue weighted by molar-refractivity contribution is 7.89. The van der Waals surface area contributed by atoms with Crippen molar-refractivity contribution >= 4 is 38.6 Å². The predicted octanol–water partition coefficient (Wildman–Crippen LogP) is 3.51. The van der Waals surface area contributed by atoms with Crippen LogP contribution in [0.3, 0.4) is 0 Å². The van der Waals surface area contributed by atoms with Crippen molar-refractivity contribution in [2.24, 2.45) is 5.10 Å². The molecule has 0 aromatic heterocycles. The van der Waals surface area contributed by atoms with Gasteiger partial charge < -0.3 is 5.11 Å². The summed E-state index contributed by atoms with van der Waals surface area (Å²) in [5.74, 6) is -0.0481. The molecule has 3 aromatic carbocycles. The quantitative estimate of drug-likeness (QED) is 0.552. The molecule has 0 aliphatic carbocycles. The molecule has 2 N–H and O–H groups in total. The zero-order valence-corrected chi connectivity index (χ0v) is 13.9. The van der Waals surface area contributed by atoms with Crippen molar-refractivity contribution in [2.45, 2.75) is 4.90 Å². The van der Waals surface area contributed by atoms with E-state index in [9.17, 15) is 13.5 Å². The molecule has 3 rings (SSSR count). The molecule has 7 heteroatoms. The first-order chi connectivity index (χ1) is 11.5. The maximum Gasteiger partial charge on any atom is 0.276 e. The van der Waals surface area contributed by atoms with Gasteiger partial charge in [-0.25, -0.2) is 4.83 Å². The monoisotopic (exact) mass is 360 g/mol. The van der Waals surface area contributed by atoms with Gasteiger partial charge in [0.15, 0.2) is 0 Å². The molecule has 0 unspecified atom stereocenters. The van der Waals surface area contributed by atoms with Crippen molar-refractivity contribution in [3.63, 3.8) is 0 Å². The van der Waals surface area contributed by atoms with Crippen molar-refractivity contribution in [2.75, 3.05) is 0 Å². The molecule has 0 fully saturated rings. The van der Waals surface area contributed by atoms with Crippen LogP contribution in [-0.4, -0.2) is 19.7 Å². The molecule has 122 valence electrons. The van der Waals surface area contributed by atoms with Crippen LogP contribution < -0.4 is 4.83 Å². The van der Waals surface area contributed by atoms with E-state index in [-0.39, 0.29) is 10.6 Å². The molecular weight excluding hydrogens is 348 g/mol. The Balaban J connectivity index is 1.84. The second-order valence-electron chi connectivity index (χ2n) is 5.07. The highest BCUT2D eigenvalue weighted by atomic mass is 35.5. The van der Waals surface area contributed by atoms with Crippen molar-refractivity contribution in [3.05, 3.63) is 71.2 Å². The lowest BCUT2D eigenvalue weighted by Gasteiger charge is -2.05. The second-order valence-corrected chi connectivity index (χ2v) is 7.16. The molecular formula is C17H13ClN2O3S. The van der Waals surface area contributed by atoms with E-state index in [0.29, 0.717) is 10.6 Å². The summed E-state index contributed by atoms with van der Waals surface area (Å²) in [5.41, 5.74) is 0.309. The van der Waals surface area contributed by atoms with Crippen LogP contribution in [0.2, 0.25) is 5.02 Å². The smallest absolute Gasteiger partial charge is 0.276 e. The van der Waals surface area contributed by atoms with Crippen LogP contribution in [-0.2, 0) is 10.0 Å². The fourth-order valence-electron chi connectivity index (χ4n) is 2.18. The van der Waals surface area contributed by atoms with Crippen molar-refractivity contribution in [1.29, 1.82) is 0 Å². The van der Waals surface area contributed by atoms with Crippen LogP contribution in [0, 0.1) is 0 Å².